The Bertz CT molecular complexity index is 1110. The molecule has 0 radical (unpaired) electrons. The van der Waals surface area contributed by atoms with Crippen LogP contribution in [-0.4, -0.2) is 35.8 Å². The van der Waals surface area contributed by atoms with Crippen LogP contribution in [0.4, 0.5) is 0 Å². The first-order valence-electron chi connectivity index (χ1n) is 12.8. The fourth-order valence-corrected chi connectivity index (χ4v) is 5.78. The largest absolute Gasteiger partial charge is 0.481 e. The number of rotatable bonds is 5. The summed E-state index contributed by atoms with van der Waals surface area (Å²) in [6.07, 6.45) is 7.87. The third kappa shape index (κ3) is 10.2. The highest BCUT2D eigenvalue weighted by molar-refractivity contribution is 9.11. The molecule has 2 aromatic rings. The van der Waals surface area contributed by atoms with Crippen molar-refractivity contribution in [1.82, 2.24) is 9.97 Å². The van der Waals surface area contributed by atoms with Crippen LogP contribution in [-0.2, 0) is 21.3 Å². The number of methoxy groups -OCH3 is 2. The maximum Gasteiger partial charge on any atom is 0.213 e. The van der Waals surface area contributed by atoms with Gasteiger partial charge in [0.05, 0.1) is 25.6 Å². The predicted octanol–water partition coefficient (Wildman–Crippen LogP) is 7.94. The zero-order chi connectivity index (χ0) is 28.2. The Labute approximate surface area is 251 Å². The van der Waals surface area contributed by atoms with Gasteiger partial charge in [0.2, 0.25) is 11.8 Å². The van der Waals surface area contributed by atoms with Crippen molar-refractivity contribution in [1.29, 1.82) is 0 Å². The minimum absolute atomic E-state index is 0.0830. The van der Waals surface area contributed by atoms with Crippen LogP contribution in [0.15, 0.2) is 45.4 Å². The lowest BCUT2D eigenvalue weighted by Crippen LogP contribution is -2.33. The summed E-state index contributed by atoms with van der Waals surface area (Å²) >= 11 is 10.2. The molecule has 0 N–H and O–H groups in total. The van der Waals surface area contributed by atoms with E-state index in [0.717, 1.165) is 44.9 Å². The van der Waals surface area contributed by atoms with Crippen LogP contribution >= 0.6 is 47.8 Å². The Balaban J connectivity index is 0.000000224. The monoisotopic (exact) mass is 714 g/mol. The number of ketones is 2. The molecule has 4 rings (SSSR count). The van der Waals surface area contributed by atoms with Crippen LogP contribution in [0.25, 0.3) is 0 Å². The lowest BCUT2D eigenvalue weighted by atomic mass is 9.71. The van der Waals surface area contributed by atoms with Crippen molar-refractivity contribution < 1.29 is 19.1 Å². The third-order valence-electron chi connectivity index (χ3n) is 6.99. The molecule has 0 aromatic carbocycles. The SMILES string of the molecule is COc1ccc(Br)c(CBr)n1.COc1ccc(Br)c(C[C@H]2C(=O)CC[C@@H](C)[C@@H]2C)n1.C[C@H]1C=CC(=O)CC1. The number of hydrogen-bond donors (Lipinski definition) is 0. The van der Waals surface area contributed by atoms with Crippen LogP contribution in [0.3, 0.4) is 0 Å². The molecule has 4 atom stereocenters. The predicted molar refractivity (Wildman–Crippen MR) is 162 cm³/mol. The van der Waals surface area contributed by atoms with Crippen molar-refractivity contribution in [3.05, 3.63) is 56.8 Å². The van der Waals surface area contributed by atoms with E-state index in [0.29, 0.717) is 48.1 Å². The van der Waals surface area contributed by atoms with E-state index >= 15 is 0 Å². The first-order valence-corrected chi connectivity index (χ1v) is 15.5. The summed E-state index contributed by atoms with van der Waals surface area (Å²) in [6.45, 7) is 6.54. The standard InChI is InChI=1S/C15H20BrNO2.C7H7Br2NO.C7H10O/c1-9-4-6-14(18)11(10(9)2)8-13-12(16)5-7-15(17-13)19-3;1-11-7-3-2-5(9)6(4-8)10-7;1-6-2-4-7(8)5-3-6/h5,7,9-11H,4,6,8H2,1-3H3;2-3H,4H2,1H3;2,4,6H,3,5H2,1H3/t9-,10+,11-;;6-/m1.0/s1. The van der Waals surface area contributed by atoms with E-state index in [1.54, 1.807) is 20.3 Å². The lowest BCUT2D eigenvalue weighted by molar-refractivity contribution is -0.127. The topological polar surface area (TPSA) is 78.4 Å². The van der Waals surface area contributed by atoms with E-state index in [-0.39, 0.29) is 11.7 Å². The molecule has 2 heterocycles. The third-order valence-corrected chi connectivity index (χ3v) is 8.97. The molecule has 1 fully saturated rings. The van der Waals surface area contributed by atoms with Gasteiger partial charge in [-0.05, 0) is 80.7 Å². The minimum atomic E-state index is 0.0830. The molecule has 0 bridgehead atoms. The van der Waals surface area contributed by atoms with Gasteiger partial charge in [0, 0.05) is 51.6 Å². The fourth-order valence-electron chi connectivity index (χ4n) is 4.23. The van der Waals surface area contributed by atoms with Gasteiger partial charge in [0.15, 0.2) is 5.78 Å². The van der Waals surface area contributed by atoms with E-state index in [9.17, 15) is 9.59 Å². The first-order chi connectivity index (χ1) is 18.1. The van der Waals surface area contributed by atoms with Gasteiger partial charge in [-0.25, -0.2) is 9.97 Å². The van der Waals surface area contributed by atoms with Gasteiger partial charge in [-0.15, -0.1) is 0 Å². The maximum atomic E-state index is 12.1. The van der Waals surface area contributed by atoms with E-state index in [2.05, 4.69) is 78.5 Å². The van der Waals surface area contributed by atoms with Crippen LogP contribution in [0, 0.1) is 23.7 Å². The molecule has 2 aromatic heterocycles. The van der Waals surface area contributed by atoms with Crippen LogP contribution in [0.2, 0.25) is 0 Å². The Hall–Kier alpha value is -1.58. The second-order valence-electron chi connectivity index (χ2n) is 9.69. The number of aromatic nitrogens is 2. The summed E-state index contributed by atoms with van der Waals surface area (Å²) in [4.78, 5) is 31.3. The molecule has 2 aliphatic rings. The quantitative estimate of drug-likeness (QED) is 0.293. The van der Waals surface area contributed by atoms with E-state index in [1.807, 2.05) is 30.3 Å². The summed E-state index contributed by atoms with van der Waals surface area (Å²) in [7, 11) is 3.21. The van der Waals surface area contributed by atoms with Crippen molar-refractivity contribution in [2.45, 2.75) is 58.2 Å². The number of Topliss-reactive ketones (excluding diaryl/α,β-unsaturated/α-hetero) is 1. The Kier molecular flexibility index (Phi) is 14.2. The summed E-state index contributed by atoms with van der Waals surface area (Å²) in [5.41, 5.74) is 1.86. The molecular formula is C29H37Br3N2O4. The van der Waals surface area contributed by atoms with Crippen LogP contribution in [0.5, 0.6) is 11.8 Å². The van der Waals surface area contributed by atoms with Crippen molar-refractivity contribution >= 4 is 59.4 Å². The van der Waals surface area contributed by atoms with Gasteiger partial charge >= 0.3 is 0 Å². The Morgan fingerprint density at radius 1 is 0.868 bits per heavy atom. The molecule has 1 saturated carbocycles. The summed E-state index contributed by atoms with van der Waals surface area (Å²) < 4.78 is 12.1. The number of pyridine rings is 2. The number of carbonyl (C=O) groups excluding carboxylic acids is 2. The van der Waals surface area contributed by atoms with Crippen molar-refractivity contribution in [2.24, 2.45) is 23.7 Å². The summed E-state index contributed by atoms with van der Waals surface area (Å²) in [5.74, 6) is 3.62. The molecule has 0 saturated heterocycles. The number of ether oxygens (including phenoxy) is 2. The maximum absolute atomic E-state index is 12.1. The molecule has 0 unspecified atom stereocenters. The normalized spacial score (nSPS) is 22.5. The highest BCUT2D eigenvalue weighted by Gasteiger charge is 2.34. The number of alkyl halides is 1. The van der Waals surface area contributed by atoms with Gasteiger partial charge in [-0.3, -0.25) is 9.59 Å². The first kappa shape index (κ1) is 32.6. The van der Waals surface area contributed by atoms with E-state index in [4.69, 9.17) is 9.47 Å². The molecule has 9 heteroatoms. The zero-order valence-corrected chi connectivity index (χ0v) is 27.4. The number of nitrogens with zero attached hydrogens (tertiary/aromatic N) is 2. The highest BCUT2D eigenvalue weighted by Crippen LogP contribution is 2.35. The number of allylic oxidation sites excluding steroid dienone is 2. The molecule has 0 aliphatic heterocycles. The second kappa shape index (κ2) is 16.5. The smallest absolute Gasteiger partial charge is 0.213 e. The highest BCUT2D eigenvalue weighted by atomic mass is 79.9. The molecular weight excluding hydrogens is 680 g/mol. The van der Waals surface area contributed by atoms with Crippen molar-refractivity contribution in [3.63, 3.8) is 0 Å². The van der Waals surface area contributed by atoms with E-state index < -0.39 is 0 Å². The Morgan fingerprint density at radius 2 is 1.45 bits per heavy atom. The molecule has 38 heavy (non-hydrogen) atoms. The van der Waals surface area contributed by atoms with E-state index in [1.165, 1.54) is 0 Å². The number of halogens is 3. The van der Waals surface area contributed by atoms with Crippen LogP contribution < -0.4 is 9.47 Å². The average Bonchev–Trinajstić information content (AvgIpc) is 2.92. The van der Waals surface area contributed by atoms with Gasteiger partial charge in [0.25, 0.3) is 0 Å². The lowest BCUT2D eigenvalue weighted by Gasteiger charge is -2.33. The fraction of sp³-hybridized carbons (Fsp3) is 0.517. The zero-order valence-electron chi connectivity index (χ0n) is 22.7. The number of carbonyl (C=O) groups is 2. The average molecular weight is 717 g/mol. The second-order valence-corrected chi connectivity index (χ2v) is 12.0. The molecule has 0 amide bonds. The van der Waals surface area contributed by atoms with Gasteiger partial charge in [0.1, 0.15) is 5.78 Å². The molecule has 6 nitrogen and oxygen atoms in total. The minimum Gasteiger partial charge on any atom is -0.481 e. The van der Waals surface area contributed by atoms with Gasteiger partial charge < -0.3 is 9.47 Å². The number of hydrogen-bond acceptors (Lipinski definition) is 6. The molecule has 0 spiro atoms. The molecule has 2 aliphatic carbocycles. The Morgan fingerprint density at radius 3 is 1.95 bits per heavy atom. The summed E-state index contributed by atoms with van der Waals surface area (Å²) in [6, 6.07) is 7.49. The summed E-state index contributed by atoms with van der Waals surface area (Å²) in [5, 5.41) is 0.727. The van der Waals surface area contributed by atoms with Gasteiger partial charge in [-0.2, -0.15) is 0 Å². The van der Waals surface area contributed by atoms with Crippen LogP contribution in [0.1, 0.15) is 57.8 Å². The van der Waals surface area contributed by atoms with Crippen molar-refractivity contribution in [2.75, 3.05) is 14.2 Å². The van der Waals surface area contributed by atoms with Crippen molar-refractivity contribution in [3.8, 4) is 11.8 Å². The molecule has 208 valence electrons. The van der Waals surface area contributed by atoms with Gasteiger partial charge in [-0.1, -0.05) is 42.8 Å².